The summed E-state index contributed by atoms with van der Waals surface area (Å²) < 4.78 is 0. The van der Waals surface area contributed by atoms with Gasteiger partial charge in [0.2, 0.25) is 11.8 Å². The van der Waals surface area contributed by atoms with Crippen molar-refractivity contribution in [2.45, 2.75) is 45.1 Å². The molecule has 0 heterocycles. The molecule has 7 heteroatoms. The molecular weight excluding hydrogens is 356 g/mol. The second-order valence-corrected chi connectivity index (χ2v) is 6.63. The lowest BCUT2D eigenvalue weighted by molar-refractivity contribution is -0.129. The maximum Gasteiger partial charge on any atom is 0.315 e. The van der Waals surface area contributed by atoms with Gasteiger partial charge in [0, 0.05) is 13.1 Å². The Morgan fingerprint density at radius 1 is 1.07 bits per heavy atom. The smallest absolute Gasteiger partial charge is 0.315 e. The second kappa shape index (κ2) is 13.4. The number of unbranched alkanes of at least 4 members (excludes halogenated alkanes) is 3. The fourth-order valence-electron chi connectivity index (χ4n) is 2.77. The Morgan fingerprint density at radius 2 is 1.79 bits per heavy atom. The van der Waals surface area contributed by atoms with Gasteiger partial charge in [-0.2, -0.15) is 0 Å². The largest absolute Gasteiger partial charge is 0.369 e. The lowest BCUT2D eigenvalue weighted by Crippen LogP contribution is -2.56. The molecule has 0 saturated carbocycles. The van der Waals surface area contributed by atoms with Crippen LogP contribution in [0.1, 0.15) is 38.2 Å². The number of hydrogen-bond acceptors (Lipinski definition) is 3. The van der Waals surface area contributed by atoms with E-state index in [1.807, 2.05) is 30.3 Å². The Balaban J connectivity index is 2.60. The zero-order valence-corrected chi connectivity index (χ0v) is 16.6. The van der Waals surface area contributed by atoms with Crippen molar-refractivity contribution in [3.05, 3.63) is 48.6 Å². The molecule has 0 bridgehead atoms. The highest BCUT2D eigenvalue weighted by Crippen LogP contribution is 2.06. The summed E-state index contributed by atoms with van der Waals surface area (Å²) >= 11 is 0. The van der Waals surface area contributed by atoms with Crippen molar-refractivity contribution >= 4 is 17.8 Å². The summed E-state index contributed by atoms with van der Waals surface area (Å²) in [4.78, 5) is 36.4. The van der Waals surface area contributed by atoms with Crippen molar-refractivity contribution in [3.63, 3.8) is 0 Å². The molecular formula is C21H32N4O3. The molecule has 154 valence electrons. The number of carbonyl (C=O) groups is 3. The van der Waals surface area contributed by atoms with Crippen LogP contribution in [-0.2, 0) is 16.0 Å². The first-order valence-electron chi connectivity index (χ1n) is 9.77. The lowest BCUT2D eigenvalue weighted by Gasteiger charge is -2.23. The molecule has 0 spiro atoms. The van der Waals surface area contributed by atoms with Crippen LogP contribution in [0.25, 0.3) is 0 Å². The van der Waals surface area contributed by atoms with Gasteiger partial charge in [-0.05, 0) is 18.4 Å². The first-order valence-corrected chi connectivity index (χ1v) is 9.77. The molecule has 0 radical (unpaired) electrons. The molecule has 0 aliphatic carbocycles. The summed E-state index contributed by atoms with van der Waals surface area (Å²) in [5.41, 5.74) is 6.45. The zero-order chi connectivity index (χ0) is 20.8. The molecule has 2 atom stereocenters. The van der Waals surface area contributed by atoms with E-state index in [0.29, 0.717) is 19.5 Å². The number of urea groups is 1. The standard InChI is InChI=1S/C21H32N4O3/c1-3-5-6-10-14-24-21(28)25-18(17(4-2)19(22)26)20(27)23-15-13-16-11-8-7-9-12-16/h4,7-9,11-12,17-18H,2-3,5-6,10,13-15H2,1H3,(H2,22,26)(H,23,27)(H2,24,25,28)/t17?,18-/m1/s1. The van der Waals surface area contributed by atoms with E-state index in [1.54, 1.807) is 0 Å². The number of rotatable bonds is 13. The SMILES string of the molecule is C=CC(C(N)=O)[C@@H](NC(=O)NCCCCCC)C(=O)NCCc1ccccc1. The van der Waals surface area contributed by atoms with E-state index < -0.39 is 29.8 Å². The molecule has 0 saturated heterocycles. The average Bonchev–Trinajstić information content (AvgIpc) is 2.68. The van der Waals surface area contributed by atoms with Gasteiger partial charge in [0.15, 0.2) is 0 Å². The van der Waals surface area contributed by atoms with Gasteiger partial charge in [-0.25, -0.2) is 4.79 Å². The van der Waals surface area contributed by atoms with Gasteiger partial charge in [0.25, 0.3) is 0 Å². The van der Waals surface area contributed by atoms with Crippen molar-refractivity contribution in [2.24, 2.45) is 11.7 Å². The minimum absolute atomic E-state index is 0.377. The van der Waals surface area contributed by atoms with Gasteiger partial charge in [-0.3, -0.25) is 9.59 Å². The molecule has 1 rings (SSSR count). The summed E-state index contributed by atoms with van der Waals surface area (Å²) in [5, 5.41) is 8.02. The van der Waals surface area contributed by atoms with Gasteiger partial charge in [0.05, 0.1) is 5.92 Å². The third-order valence-electron chi connectivity index (χ3n) is 4.38. The number of carbonyl (C=O) groups excluding carboxylic acids is 3. The molecule has 1 aromatic rings. The number of nitrogens with one attached hydrogen (secondary N) is 3. The molecule has 5 N–H and O–H groups in total. The van der Waals surface area contributed by atoms with Crippen molar-refractivity contribution in [3.8, 4) is 0 Å². The monoisotopic (exact) mass is 388 g/mol. The normalized spacial score (nSPS) is 12.5. The van der Waals surface area contributed by atoms with Crippen molar-refractivity contribution < 1.29 is 14.4 Å². The van der Waals surface area contributed by atoms with Crippen LogP contribution in [-0.4, -0.2) is 37.0 Å². The van der Waals surface area contributed by atoms with Crippen molar-refractivity contribution in [1.29, 1.82) is 0 Å². The highest BCUT2D eigenvalue weighted by molar-refractivity contribution is 5.93. The van der Waals surface area contributed by atoms with Gasteiger partial charge >= 0.3 is 6.03 Å². The number of nitrogens with two attached hydrogens (primary N) is 1. The van der Waals surface area contributed by atoms with Crippen molar-refractivity contribution in [1.82, 2.24) is 16.0 Å². The number of benzene rings is 1. The first-order chi connectivity index (χ1) is 13.5. The Kier molecular flexibility index (Phi) is 11.1. The predicted octanol–water partition coefficient (Wildman–Crippen LogP) is 1.88. The number of hydrogen-bond donors (Lipinski definition) is 4. The topological polar surface area (TPSA) is 113 Å². The van der Waals surface area contributed by atoms with E-state index in [1.165, 1.54) is 6.08 Å². The molecule has 1 unspecified atom stereocenters. The van der Waals surface area contributed by atoms with Crippen LogP contribution in [0.3, 0.4) is 0 Å². The van der Waals surface area contributed by atoms with Gasteiger partial charge in [-0.1, -0.05) is 62.6 Å². The van der Waals surface area contributed by atoms with E-state index in [2.05, 4.69) is 29.5 Å². The van der Waals surface area contributed by atoms with Crippen LogP contribution in [0.15, 0.2) is 43.0 Å². The fraction of sp³-hybridized carbons (Fsp3) is 0.476. The summed E-state index contributed by atoms with van der Waals surface area (Å²) in [6.07, 6.45) is 6.02. The summed E-state index contributed by atoms with van der Waals surface area (Å²) in [5.74, 6) is -2.19. The van der Waals surface area contributed by atoms with Gasteiger partial charge in [-0.15, -0.1) is 6.58 Å². The van der Waals surface area contributed by atoms with Gasteiger partial charge < -0.3 is 21.7 Å². The zero-order valence-electron chi connectivity index (χ0n) is 16.6. The Hall–Kier alpha value is -2.83. The maximum absolute atomic E-state index is 12.6. The van der Waals surface area contributed by atoms with Gasteiger partial charge in [0.1, 0.15) is 6.04 Å². The van der Waals surface area contributed by atoms with Crippen LogP contribution >= 0.6 is 0 Å². The van der Waals surface area contributed by atoms with E-state index in [4.69, 9.17) is 5.73 Å². The molecule has 4 amide bonds. The third kappa shape index (κ3) is 8.70. The number of amides is 4. The molecule has 0 aliphatic heterocycles. The van der Waals surface area contributed by atoms with Crippen molar-refractivity contribution in [2.75, 3.05) is 13.1 Å². The van der Waals surface area contributed by atoms with Crippen LogP contribution in [0.2, 0.25) is 0 Å². The highest BCUT2D eigenvalue weighted by Gasteiger charge is 2.31. The summed E-state index contributed by atoms with van der Waals surface area (Å²) in [6.45, 7) is 6.56. The summed E-state index contributed by atoms with van der Waals surface area (Å²) in [6, 6.07) is 8.08. The highest BCUT2D eigenvalue weighted by atomic mass is 16.2. The van der Waals surface area contributed by atoms with Crippen LogP contribution in [0.5, 0.6) is 0 Å². The maximum atomic E-state index is 12.6. The molecule has 1 aromatic carbocycles. The second-order valence-electron chi connectivity index (χ2n) is 6.63. The minimum atomic E-state index is -1.11. The Labute approximate surface area is 167 Å². The molecule has 0 aromatic heterocycles. The molecule has 0 aliphatic rings. The van der Waals surface area contributed by atoms with E-state index in [-0.39, 0.29) is 0 Å². The number of primary amides is 1. The minimum Gasteiger partial charge on any atom is -0.369 e. The van der Waals surface area contributed by atoms with Crippen LogP contribution in [0, 0.1) is 5.92 Å². The quantitative estimate of drug-likeness (QED) is 0.306. The summed E-state index contributed by atoms with van der Waals surface area (Å²) in [7, 11) is 0. The predicted molar refractivity (Wildman–Crippen MR) is 111 cm³/mol. The van der Waals surface area contributed by atoms with E-state index >= 15 is 0 Å². The van der Waals surface area contributed by atoms with E-state index in [9.17, 15) is 14.4 Å². The third-order valence-corrected chi connectivity index (χ3v) is 4.38. The lowest BCUT2D eigenvalue weighted by atomic mass is 9.98. The fourth-order valence-corrected chi connectivity index (χ4v) is 2.77. The Bertz CT molecular complexity index is 634. The molecule has 7 nitrogen and oxygen atoms in total. The first kappa shape index (κ1) is 23.2. The Morgan fingerprint density at radius 3 is 2.39 bits per heavy atom. The molecule has 0 fully saturated rings. The van der Waals surface area contributed by atoms with Crippen LogP contribution < -0.4 is 21.7 Å². The van der Waals surface area contributed by atoms with E-state index in [0.717, 1.165) is 31.2 Å². The average molecular weight is 389 g/mol. The molecule has 28 heavy (non-hydrogen) atoms. The van der Waals surface area contributed by atoms with Crippen LogP contribution in [0.4, 0.5) is 4.79 Å².